The number of nitrogens with one attached hydrogen (secondary N) is 1. The van der Waals surface area contributed by atoms with Crippen molar-refractivity contribution in [3.8, 4) is 0 Å². The van der Waals surface area contributed by atoms with E-state index in [1.54, 1.807) is 29.3 Å². The minimum atomic E-state index is -0.198. The number of hydrogen-bond donors (Lipinski definition) is 1. The second-order valence-electron chi connectivity index (χ2n) is 7.31. The molecule has 4 rings (SSSR count). The van der Waals surface area contributed by atoms with Gasteiger partial charge in [0.15, 0.2) is 10.8 Å². The fourth-order valence-corrected chi connectivity index (χ4v) is 5.16. The first-order chi connectivity index (χ1) is 14.0. The minimum absolute atomic E-state index is 0.108. The maximum absolute atomic E-state index is 12.9. The average molecular weight is 430 g/mol. The number of thiazole rings is 1. The molecular formula is C21H24ClN5OS. The van der Waals surface area contributed by atoms with Crippen LogP contribution >= 0.6 is 22.9 Å². The lowest BCUT2D eigenvalue weighted by Gasteiger charge is -2.41. The molecule has 8 heteroatoms. The van der Waals surface area contributed by atoms with E-state index in [0.29, 0.717) is 23.8 Å². The highest BCUT2D eigenvalue weighted by molar-refractivity contribution is 7.13. The van der Waals surface area contributed by atoms with Gasteiger partial charge in [-0.3, -0.25) is 9.48 Å². The molecule has 0 spiro atoms. The number of aromatic nitrogens is 3. The molecule has 1 fully saturated rings. The third-order valence-electron chi connectivity index (χ3n) is 5.54. The third-order valence-corrected chi connectivity index (χ3v) is 6.62. The van der Waals surface area contributed by atoms with E-state index < -0.39 is 0 Å². The summed E-state index contributed by atoms with van der Waals surface area (Å²) in [6.45, 7) is 4.18. The van der Waals surface area contributed by atoms with E-state index in [-0.39, 0.29) is 11.3 Å². The standard InChI is InChI=1S/C21H24ClN5OS/c1-3-23-20-24-17(14-29-20)21(15-7-5-4-6-8-15)9-11-27(12-10-21)19(28)18-16(22)13-26(2)25-18/h4-8,13-14H,3,9-12H2,1-2H3,(H,23,24). The Hall–Kier alpha value is -2.38. The minimum Gasteiger partial charge on any atom is -0.362 e. The Morgan fingerprint density at radius 2 is 2.00 bits per heavy atom. The van der Waals surface area contributed by atoms with Crippen molar-refractivity contribution in [3.05, 3.63) is 63.9 Å². The van der Waals surface area contributed by atoms with Gasteiger partial charge in [-0.2, -0.15) is 5.10 Å². The van der Waals surface area contributed by atoms with Gasteiger partial charge in [-0.05, 0) is 25.3 Å². The van der Waals surface area contributed by atoms with Crippen LogP contribution < -0.4 is 5.32 Å². The Morgan fingerprint density at radius 1 is 1.28 bits per heavy atom. The number of hydrogen-bond acceptors (Lipinski definition) is 5. The normalized spacial score (nSPS) is 16.0. The molecule has 6 nitrogen and oxygen atoms in total. The number of rotatable bonds is 5. The molecule has 0 atom stereocenters. The number of carbonyl (C=O) groups excluding carboxylic acids is 1. The topological polar surface area (TPSA) is 63.1 Å². The predicted octanol–water partition coefficient (Wildman–Crippen LogP) is 4.18. The first kappa shape index (κ1) is 19.9. The summed E-state index contributed by atoms with van der Waals surface area (Å²) in [6, 6.07) is 10.5. The van der Waals surface area contributed by atoms with Crippen LogP contribution in [0.4, 0.5) is 5.13 Å². The molecule has 1 N–H and O–H groups in total. The van der Waals surface area contributed by atoms with Gasteiger partial charge in [0, 0.05) is 43.7 Å². The number of halogens is 1. The Kier molecular flexibility index (Phi) is 5.61. The summed E-state index contributed by atoms with van der Waals surface area (Å²) in [5.74, 6) is -0.108. The van der Waals surface area contributed by atoms with E-state index in [9.17, 15) is 4.79 Å². The van der Waals surface area contributed by atoms with E-state index in [1.165, 1.54) is 5.56 Å². The lowest BCUT2D eigenvalue weighted by atomic mass is 9.70. The molecule has 1 aromatic carbocycles. The summed E-state index contributed by atoms with van der Waals surface area (Å²) < 4.78 is 1.57. The zero-order chi connectivity index (χ0) is 20.4. The molecule has 29 heavy (non-hydrogen) atoms. The van der Waals surface area contributed by atoms with E-state index in [1.807, 2.05) is 11.0 Å². The summed E-state index contributed by atoms with van der Waals surface area (Å²) in [7, 11) is 1.77. The van der Waals surface area contributed by atoms with E-state index in [0.717, 1.165) is 30.2 Å². The van der Waals surface area contributed by atoms with Crippen LogP contribution in [-0.2, 0) is 12.5 Å². The number of carbonyl (C=O) groups is 1. The maximum Gasteiger partial charge on any atom is 0.275 e. The molecule has 152 valence electrons. The summed E-state index contributed by atoms with van der Waals surface area (Å²) in [6.07, 6.45) is 3.27. The van der Waals surface area contributed by atoms with Crippen molar-refractivity contribution >= 4 is 34.0 Å². The fraction of sp³-hybridized carbons (Fsp3) is 0.381. The summed E-state index contributed by atoms with van der Waals surface area (Å²) in [5, 5.41) is 11.0. The molecule has 0 radical (unpaired) electrons. The van der Waals surface area contributed by atoms with Crippen LogP contribution in [0.2, 0.25) is 5.02 Å². The number of likely N-dealkylation sites (tertiary alicyclic amines) is 1. The fourth-order valence-electron chi connectivity index (χ4n) is 4.02. The van der Waals surface area contributed by atoms with Crippen molar-refractivity contribution in [1.82, 2.24) is 19.7 Å². The lowest BCUT2D eigenvalue weighted by molar-refractivity contribution is 0.0677. The summed E-state index contributed by atoms with van der Waals surface area (Å²) in [5.41, 5.74) is 2.45. The van der Waals surface area contributed by atoms with Gasteiger partial charge in [-0.15, -0.1) is 11.3 Å². The third kappa shape index (κ3) is 3.76. The molecule has 3 aromatic rings. The monoisotopic (exact) mass is 429 g/mol. The van der Waals surface area contributed by atoms with Gasteiger partial charge in [0.1, 0.15) is 0 Å². The molecular weight excluding hydrogens is 406 g/mol. The first-order valence-electron chi connectivity index (χ1n) is 9.77. The number of benzene rings is 1. The SMILES string of the molecule is CCNc1nc(C2(c3ccccc3)CCN(C(=O)c3nn(C)cc3Cl)CC2)cs1. The lowest BCUT2D eigenvalue weighted by Crippen LogP contribution is -2.46. The average Bonchev–Trinajstić information content (AvgIpc) is 3.35. The molecule has 1 aliphatic heterocycles. The van der Waals surface area contributed by atoms with E-state index in [4.69, 9.17) is 16.6 Å². The second kappa shape index (κ2) is 8.16. The van der Waals surface area contributed by atoms with Crippen LogP contribution in [0.15, 0.2) is 41.9 Å². The highest BCUT2D eigenvalue weighted by Gasteiger charge is 2.41. The molecule has 0 unspecified atom stereocenters. The first-order valence-corrected chi connectivity index (χ1v) is 11.0. The van der Waals surface area contributed by atoms with Crippen molar-refractivity contribution in [2.45, 2.75) is 25.2 Å². The van der Waals surface area contributed by atoms with Gasteiger partial charge in [0.25, 0.3) is 5.91 Å². The molecule has 3 heterocycles. The summed E-state index contributed by atoms with van der Waals surface area (Å²) in [4.78, 5) is 19.7. The van der Waals surface area contributed by atoms with Crippen molar-refractivity contribution in [3.63, 3.8) is 0 Å². The van der Waals surface area contributed by atoms with Crippen LogP contribution in [0.1, 0.15) is 41.5 Å². The number of piperidine rings is 1. The van der Waals surface area contributed by atoms with Crippen LogP contribution in [0, 0.1) is 0 Å². The van der Waals surface area contributed by atoms with Gasteiger partial charge in [-0.25, -0.2) is 4.98 Å². The Morgan fingerprint density at radius 3 is 2.62 bits per heavy atom. The Balaban J connectivity index is 1.61. The molecule has 0 aliphatic carbocycles. The molecule has 1 saturated heterocycles. The van der Waals surface area contributed by atoms with Crippen molar-refractivity contribution < 1.29 is 4.79 Å². The van der Waals surface area contributed by atoms with Gasteiger partial charge in [-0.1, -0.05) is 41.9 Å². The van der Waals surface area contributed by atoms with Crippen LogP contribution in [-0.4, -0.2) is 45.2 Å². The smallest absolute Gasteiger partial charge is 0.275 e. The molecule has 2 aromatic heterocycles. The van der Waals surface area contributed by atoms with Crippen LogP contribution in [0.25, 0.3) is 0 Å². The quantitative estimate of drug-likeness (QED) is 0.660. The van der Waals surface area contributed by atoms with E-state index in [2.05, 4.69) is 47.0 Å². The van der Waals surface area contributed by atoms with Crippen molar-refractivity contribution in [1.29, 1.82) is 0 Å². The highest BCUT2D eigenvalue weighted by atomic mass is 35.5. The maximum atomic E-state index is 12.9. The van der Waals surface area contributed by atoms with Crippen molar-refractivity contribution in [2.24, 2.45) is 7.05 Å². The van der Waals surface area contributed by atoms with Crippen LogP contribution in [0.5, 0.6) is 0 Å². The number of nitrogens with zero attached hydrogens (tertiary/aromatic N) is 4. The molecule has 0 saturated carbocycles. The van der Waals surface area contributed by atoms with Crippen molar-refractivity contribution in [2.75, 3.05) is 25.0 Å². The van der Waals surface area contributed by atoms with Gasteiger partial charge in [0.05, 0.1) is 10.7 Å². The Labute approximate surface area is 179 Å². The zero-order valence-electron chi connectivity index (χ0n) is 16.6. The summed E-state index contributed by atoms with van der Waals surface area (Å²) >= 11 is 7.83. The van der Waals surface area contributed by atoms with Crippen LogP contribution in [0.3, 0.4) is 0 Å². The number of anilines is 1. The van der Waals surface area contributed by atoms with Gasteiger partial charge >= 0.3 is 0 Å². The molecule has 1 amide bonds. The largest absolute Gasteiger partial charge is 0.362 e. The van der Waals surface area contributed by atoms with Gasteiger partial charge in [0.2, 0.25) is 0 Å². The van der Waals surface area contributed by atoms with Gasteiger partial charge < -0.3 is 10.2 Å². The second-order valence-corrected chi connectivity index (χ2v) is 8.57. The predicted molar refractivity (Wildman–Crippen MR) is 117 cm³/mol. The highest BCUT2D eigenvalue weighted by Crippen LogP contribution is 2.42. The van der Waals surface area contributed by atoms with E-state index >= 15 is 0 Å². The Bertz CT molecular complexity index is 992. The molecule has 1 aliphatic rings. The number of aryl methyl sites for hydroxylation is 1. The number of amides is 1. The molecule has 0 bridgehead atoms. The zero-order valence-corrected chi connectivity index (χ0v) is 18.1.